The molecule has 0 aromatic heterocycles. The topological polar surface area (TPSA) is 88.1 Å². The lowest BCUT2D eigenvalue weighted by Crippen LogP contribution is -2.45. The monoisotopic (exact) mass is 280 g/mol. The number of carboxylic acid groups (broad SMARTS) is 1. The first-order valence-corrected chi connectivity index (χ1v) is 6.11. The second-order valence-corrected chi connectivity index (χ2v) is 4.47. The molecule has 2 amide bonds. The fourth-order valence-electron chi connectivity index (χ4n) is 1.69. The molecule has 0 fully saturated rings. The summed E-state index contributed by atoms with van der Waals surface area (Å²) in [6.07, 6.45) is 0. The second kappa shape index (κ2) is 5.68. The number of likely N-dealkylation sites (N-methyl/N-ethyl adjacent to an activating group) is 1. The number of hydrogen-bond donors (Lipinski definition) is 2. The maximum Gasteiger partial charge on any atom is 0.326 e. The Hall–Kier alpha value is -2.44. The first-order valence-electron chi connectivity index (χ1n) is 6.11. The van der Waals surface area contributed by atoms with Gasteiger partial charge in [-0.3, -0.25) is 0 Å². The van der Waals surface area contributed by atoms with E-state index in [1.54, 1.807) is 12.1 Å². The van der Waals surface area contributed by atoms with Crippen molar-refractivity contribution in [1.82, 2.24) is 10.2 Å². The molecule has 1 atom stereocenters. The zero-order valence-corrected chi connectivity index (χ0v) is 11.3. The van der Waals surface area contributed by atoms with Crippen LogP contribution >= 0.6 is 0 Å². The standard InChI is InChI=1S/C13H16N2O5/c1-8(12(16)17)15(2)13(18)14-6-9-3-4-10-11(5-9)20-7-19-10/h3-5,8H,6-7H2,1-2H3,(H,14,18)(H,16,17). The maximum atomic E-state index is 11.8. The highest BCUT2D eigenvalue weighted by Crippen LogP contribution is 2.32. The van der Waals surface area contributed by atoms with Crippen LogP contribution in [0.2, 0.25) is 0 Å². The van der Waals surface area contributed by atoms with Gasteiger partial charge in [0.05, 0.1) is 0 Å². The summed E-state index contributed by atoms with van der Waals surface area (Å²) in [6, 6.07) is 4.04. The van der Waals surface area contributed by atoms with Crippen molar-refractivity contribution in [3.05, 3.63) is 23.8 Å². The molecule has 0 saturated carbocycles. The second-order valence-electron chi connectivity index (χ2n) is 4.47. The molecule has 108 valence electrons. The van der Waals surface area contributed by atoms with Crippen molar-refractivity contribution in [2.24, 2.45) is 0 Å². The minimum Gasteiger partial charge on any atom is -0.480 e. The molecular formula is C13H16N2O5. The molecule has 0 aliphatic carbocycles. The van der Waals surface area contributed by atoms with Crippen LogP contribution in [0.1, 0.15) is 12.5 Å². The molecule has 1 aromatic rings. The third kappa shape index (κ3) is 2.93. The Morgan fingerprint density at radius 3 is 2.80 bits per heavy atom. The number of nitrogens with one attached hydrogen (secondary N) is 1. The number of amides is 2. The smallest absolute Gasteiger partial charge is 0.326 e. The zero-order chi connectivity index (χ0) is 14.7. The van der Waals surface area contributed by atoms with Crippen LogP contribution in [0.5, 0.6) is 11.5 Å². The lowest BCUT2D eigenvalue weighted by molar-refractivity contribution is -0.141. The normalized spacial score (nSPS) is 13.7. The molecule has 2 rings (SSSR count). The van der Waals surface area contributed by atoms with Crippen molar-refractivity contribution in [2.45, 2.75) is 19.5 Å². The molecule has 20 heavy (non-hydrogen) atoms. The van der Waals surface area contributed by atoms with Crippen LogP contribution in [0.25, 0.3) is 0 Å². The number of hydrogen-bond acceptors (Lipinski definition) is 4. The van der Waals surface area contributed by atoms with Gasteiger partial charge in [0, 0.05) is 13.6 Å². The molecule has 0 saturated heterocycles. The maximum absolute atomic E-state index is 11.8. The Bertz CT molecular complexity index is 531. The number of ether oxygens (including phenoxy) is 2. The number of carbonyl (C=O) groups is 2. The van der Waals surface area contributed by atoms with E-state index in [9.17, 15) is 9.59 Å². The third-order valence-corrected chi connectivity index (χ3v) is 3.14. The fourth-order valence-corrected chi connectivity index (χ4v) is 1.69. The summed E-state index contributed by atoms with van der Waals surface area (Å²) in [7, 11) is 1.44. The summed E-state index contributed by atoms with van der Waals surface area (Å²) in [5, 5.41) is 11.5. The molecule has 1 aromatic carbocycles. The van der Waals surface area contributed by atoms with E-state index in [-0.39, 0.29) is 13.3 Å². The van der Waals surface area contributed by atoms with E-state index in [2.05, 4.69) is 5.32 Å². The van der Waals surface area contributed by atoms with Crippen LogP contribution in [0.15, 0.2) is 18.2 Å². The van der Waals surface area contributed by atoms with Crippen molar-refractivity contribution in [3.63, 3.8) is 0 Å². The summed E-state index contributed by atoms with van der Waals surface area (Å²) >= 11 is 0. The Balaban J connectivity index is 1.92. The summed E-state index contributed by atoms with van der Waals surface area (Å²) in [5.74, 6) is 0.270. The van der Waals surface area contributed by atoms with Gasteiger partial charge in [-0.05, 0) is 24.6 Å². The summed E-state index contributed by atoms with van der Waals surface area (Å²) < 4.78 is 10.4. The van der Waals surface area contributed by atoms with Crippen molar-refractivity contribution < 1.29 is 24.2 Å². The Morgan fingerprint density at radius 1 is 1.40 bits per heavy atom. The van der Waals surface area contributed by atoms with Crippen molar-refractivity contribution in [2.75, 3.05) is 13.8 Å². The highest BCUT2D eigenvalue weighted by Gasteiger charge is 2.21. The molecule has 1 unspecified atom stereocenters. The van der Waals surface area contributed by atoms with Crippen molar-refractivity contribution in [1.29, 1.82) is 0 Å². The molecule has 0 radical (unpaired) electrons. The predicted molar refractivity (Wildman–Crippen MR) is 69.7 cm³/mol. The van der Waals surface area contributed by atoms with Crippen LogP contribution in [0, 0.1) is 0 Å². The number of urea groups is 1. The van der Waals surface area contributed by atoms with E-state index >= 15 is 0 Å². The van der Waals surface area contributed by atoms with Crippen LogP contribution < -0.4 is 14.8 Å². The van der Waals surface area contributed by atoms with Crippen LogP contribution in [-0.2, 0) is 11.3 Å². The molecule has 0 spiro atoms. The number of carbonyl (C=O) groups excluding carboxylic acids is 1. The highest BCUT2D eigenvalue weighted by molar-refractivity contribution is 5.82. The van der Waals surface area contributed by atoms with Gasteiger partial charge in [-0.25, -0.2) is 9.59 Å². The van der Waals surface area contributed by atoms with Crippen LogP contribution in [0.3, 0.4) is 0 Å². The van der Waals surface area contributed by atoms with Gasteiger partial charge >= 0.3 is 12.0 Å². The summed E-state index contributed by atoms with van der Waals surface area (Å²) in [6.45, 7) is 1.93. The lowest BCUT2D eigenvalue weighted by atomic mass is 10.2. The molecule has 7 nitrogen and oxygen atoms in total. The predicted octanol–water partition coefficient (Wildman–Crippen LogP) is 1.03. The van der Waals surface area contributed by atoms with E-state index < -0.39 is 18.0 Å². The minimum absolute atomic E-state index is 0.198. The molecule has 7 heteroatoms. The highest BCUT2D eigenvalue weighted by atomic mass is 16.7. The third-order valence-electron chi connectivity index (χ3n) is 3.14. The Morgan fingerprint density at radius 2 is 2.10 bits per heavy atom. The lowest BCUT2D eigenvalue weighted by Gasteiger charge is -2.21. The van der Waals surface area contributed by atoms with Gasteiger partial charge in [-0.1, -0.05) is 6.07 Å². The number of rotatable bonds is 4. The quantitative estimate of drug-likeness (QED) is 0.860. The largest absolute Gasteiger partial charge is 0.480 e. The van der Waals surface area contributed by atoms with E-state index in [1.165, 1.54) is 14.0 Å². The van der Waals surface area contributed by atoms with E-state index in [0.717, 1.165) is 10.5 Å². The number of carboxylic acids is 1. The first-order chi connectivity index (χ1) is 9.49. The summed E-state index contributed by atoms with van der Waals surface area (Å²) in [5.41, 5.74) is 0.846. The van der Waals surface area contributed by atoms with Gasteiger partial charge in [0.15, 0.2) is 11.5 Å². The average molecular weight is 280 g/mol. The van der Waals surface area contributed by atoms with E-state index in [4.69, 9.17) is 14.6 Å². The molecular weight excluding hydrogens is 264 g/mol. The molecule has 1 aliphatic heterocycles. The van der Waals surface area contributed by atoms with Crippen molar-refractivity contribution >= 4 is 12.0 Å². The number of nitrogens with zero attached hydrogens (tertiary/aromatic N) is 1. The van der Waals surface area contributed by atoms with Gasteiger partial charge in [0.25, 0.3) is 0 Å². The van der Waals surface area contributed by atoms with Crippen LogP contribution in [-0.4, -0.2) is 41.9 Å². The van der Waals surface area contributed by atoms with Gasteiger partial charge in [-0.2, -0.15) is 0 Å². The molecule has 0 bridgehead atoms. The van der Waals surface area contributed by atoms with Crippen molar-refractivity contribution in [3.8, 4) is 11.5 Å². The number of fused-ring (bicyclic) bond motifs is 1. The zero-order valence-electron chi connectivity index (χ0n) is 11.3. The van der Waals surface area contributed by atoms with E-state index in [1.807, 2.05) is 6.07 Å². The Kier molecular flexibility index (Phi) is 3.97. The Labute approximate surface area is 116 Å². The average Bonchev–Trinajstić information content (AvgIpc) is 2.90. The van der Waals surface area contributed by atoms with Gasteiger partial charge < -0.3 is 24.8 Å². The fraction of sp³-hybridized carbons (Fsp3) is 0.385. The van der Waals surface area contributed by atoms with Crippen LogP contribution in [0.4, 0.5) is 4.79 Å². The van der Waals surface area contributed by atoms with Gasteiger partial charge in [0.1, 0.15) is 6.04 Å². The molecule has 1 aliphatic rings. The molecule has 2 N–H and O–H groups in total. The SMILES string of the molecule is CC(C(=O)O)N(C)C(=O)NCc1ccc2c(c1)OCO2. The van der Waals surface area contributed by atoms with Gasteiger partial charge in [-0.15, -0.1) is 0 Å². The van der Waals surface area contributed by atoms with Gasteiger partial charge in [0.2, 0.25) is 6.79 Å². The summed E-state index contributed by atoms with van der Waals surface area (Å²) in [4.78, 5) is 23.7. The minimum atomic E-state index is -1.05. The number of benzene rings is 1. The molecule has 1 heterocycles. The number of aliphatic carboxylic acids is 1. The van der Waals surface area contributed by atoms with E-state index in [0.29, 0.717) is 11.5 Å². The first kappa shape index (κ1) is 14.0.